The largest absolute Gasteiger partial charge is 0.387 e. The van der Waals surface area contributed by atoms with Crippen molar-refractivity contribution in [3.63, 3.8) is 0 Å². The van der Waals surface area contributed by atoms with Crippen LogP contribution < -0.4 is 5.32 Å². The van der Waals surface area contributed by atoms with Crippen LogP contribution in [0.15, 0.2) is 0 Å². The third-order valence-electron chi connectivity index (χ3n) is 4.93. The van der Waals surface area contributed by atoms with Crippen LogP contribution >= 0.6 is 0 Å². The summed E-state index contributed by atoms with van der Waals surface area (Å²) in [7, 11) is 0. The van der Waals surface area contributed by atoms with Gasteiger partial charge in [0.25, 0.3) is 0 Å². The maximum atomic E-state index is 11.8. The highest BCUT2D eigenvalue weighted by atomic mass is 16.5. The van der Waals surface area contributed by atoms with Gasteiger partial charge in [0.1, 0.15) is 0 Å². The molecule has 2 saturated carbocycles. The molecular formula is C14H25NO3. The lowest BCUT2D eigenvalue weighted by Gasteiger charge is -2.58. The minimum atomic E-state index is -0.827. The number of rotatable bonds is 5. The Kier molecular flexibility index (Phi) is 3.70. The fourth-order valence-corrected chi connectivity index (χ4v) is 2.81. The Labute approximate surface area is 109 Å². The lowest BCUT2D eigenvalue weighted by molar-refractivity contribution is -0.238. The molecule has 4 nitrogen and oxygen atoms in total. The van der Waals surface area contributed by atoms with E-state index in [1.54, 1.807) is 0 Å². The van der Waals surface area contributed by atoms with Gasteiger partial charge in [0, 0.05) is 30.9 Å². The van der Waals surface area contributed by atoms with Crippen LogP contribution in [0.2, 0.25) is 0 Å². The summed E-state index contributed by atoms with van der Waals surface area (Å²) >= 11 is 0. The van der Waals surface area contributed by atoms with Gasteiger partial charge in [-0.25, -0.2) is 0 Å². The summed E-state index contributed by atoms with van der Waals surface area (Å²) in [6, 6.07) is 0. The second-order valence-electron chi connectivity index (χ2n) is 6.25. The lowest BCUT2D eigenvalue weighted by Crippen LogP contribution is -2.69. The van der Waals surface area contributed by atoms with Crippen molar-refractivity contribution >= 4 is 5.91 Å². The van der Waals surface area contributed by atoms with Crippen LogP contribution in [0.5, 0.6) is 0 Å². The molecule has 18 heavy (non-hydrogen) atoms. The summed E-state index contributed by atoms with van der Waals surface area (Å²) in [6.45, 7) is 6.99. The van der Waals surface area contributed by atoms with Gasteiger partial charge in [-0.3, -0.25) is 4.79 Å². The Morgan fingerprint density at radius 3 is 2.56 bits per heavy atom. The van der Waals surface area contributed by atoms with Gasteiger partial charge in [0.2, 0.25) is 5.91 Å². The van der Waals surface area contributed by atoms with Crippen molar-refractivity contribution in [1.29, 1.82) is 0 Å². The summed E-state index contributed by atoms with van der Waals surface area (Å²) in [5.41, 5.74) is -1.12. The molecule has 0 bridgehead atoms. The van der Waals surface area contributed by atoms with Crippen LogP contribution in [-0.2, 0) is 9.53 Å². The van der Waals surface area contributed by atoms with Gasteiger partial charge >= 0.3 is 0 Å². The third-order valence-corrected chi connectivity index (χ3v) is 4.93. The Morgan fingerprint density at radius 2 is 2.11 bits per heavy atom. The first-order chi connectivity index (χ1) is 8.40. The second kappa shape index (κ2) is 4.82. The van der Waals surface area contributed by atoms with Crippen molar-refractivity contribution in [2.45, 2.75) is 58.2 Å². The maximum absolute atomic E-state index is 11.8. The number of ether oxygens (including phenoxy) is 1. The molecule has 2 atom stereocenters. The van der Waals surface area contributed by atoms with E-state index in [-0.39, 0.29) is 23.3 Å². The van der Waals surface area contributed by atoms with Crippen molar-refractivity contribution in [1.82, 2.24) is 5.32 Å². The van der Waals surface area contributed by atoms with Crippen LogP contribution in [0.25, 0.3) is 0 Å². The fourth-order valence-electron chi connectivity index (χ4n) is 2.81. The standard InChI is InChI=1S/C14H25NO3/c1-4-18-11-8-14(17,13(11,2)3)9-15-12(16)10-6-5-7-10/h10-11,17H,4-9H2,1-3H3,(H,15,16)/t11-,14-/m0/s1. The van der Waals surface area contributed by atoms with E-state index in [1.165, 1.54) is 0 Å². The molecule has 0 heterocycles. The Morgan fingerprint density at radius 1 is 1.44 bits per heavy atom. The molecule has 0 aromatic rings. The molecular weight excluding hydrogens is 230 g/mol. The Bertz CT molecular complexity index is 325. The van der Waals surface area contributed by atoms with E-state index < -0.39 is 5.60 Å². The van der Waals surface area contributed by atoms with E-state index in [1.807, 2.05) is 20.8 Å². The molecule has 104 valence electrons. The highest BCUT2D eigenvalue weighted by Crippen LogP contribution is 2.51. The van der Waals surface area contributed by atoms with Gasteiger partial charge in [0.15, 0.2) is 0 Å². The van der Waals surface area contributed by atoms with Gasteiger partial charge in [-0.1, -0.05) is 20.3 Å². The predicted molar refractivity (Wildman–Crippen MR) is 69.1 cm³/mol. The van der Waals surface area contributed by atoms with Gasteiger partial charge in [-0.2, -0.15) is 0 Å². The van der Waals surface area contributed by atoms with E-state index in [2.05, 4.69) is 5.32 Å². The van der Waals surface area contributed by atoms with Gasteiger partial charge in [-0.05, 0) is 19.8 Å². The average molecular weight is 255 g/mol. The number of nitrogens with one attached hydrogen (secondary N) is 1. The second-order valence-corrected chi connectivity index (χ2v) is 6.25. The molecule has 2 fully saturated rings. The van der Waals surface area contributed by atoms with Crippen LogP contribution in [0.4, 0.5) is 0 Å². The zero-order chi connectivity index (χ0) is 13.4. The van der Waals surface area contributed by atoms with Crippen LogP contribution in [0.3, 0.4) is 0 Å². The smallest absolute Gasteiger partial charge is 0.223 e. The zero-order valence-electron chi connectivity index (χ0n) is 11.7. The van der Waals surface area contributed by atoms with Crippen LogP contribution in [-0.4, -0.2) is 35.9 Å². The molecule has 0 aliphatic heterocycles. The predicted octanol–water partition coefficient (Wildman–Crippen LogP) is 1.47. The first-order valence-corrected chi connectivity index (χ1v) is 7.02. The summed E-state index contributed by atoms with van der Waals surface area (Å²) in [5.74, 6) is 0.282. The summed E-state index contributed by atoms with van der Waals surface area (Å²) in [5, 5.41) is 13.5. The number of amides is 1. The molecule has 0 radical (unpaired) electrons. The molecule has 2 N–H and O–H groups in total. The highest BCUT2D eigenvalue weighted by Gasteiger charge is 2.60. The molecule has 2 aliphatic rings. The monoisotopic (exact) mass is 255 g/mol. The maximum Gasteiger partial charge on any atom is 0.223 e. The number of hydrogen-bond donors (Lipinski definition) is 2. The van der Waals surface area contributed by atoms with Crippen LogP contribution in [0, 0.1) is 11.3 Å². The minimum Gasteiger partial charge on any atom is -0.387 e. The fraction of sp³-hybridized carbons (Fsp3) is 0.929. The lowest BCUT2D eigenvalue weighted by atomic mass is 9.56. The molecule has 0 saturated heterocycles. The highest BCUT2D eigenvalue weighted by molar-refractivity contribution is 5.79. The van der Waals surface area contributed by atoms with Crippen molar-refractivity contribution in [3.05, 3.63) is 0 Å². The summed E-state index contributed by atoms with van der Waals surface area (Å²) in [6.07, 6.45) is 3.84. The van der Waals surface area contributed by atoms with E-state index in [0.717, 1.165) is 19.3 Å². The number of hydrogen-bond acceptors (Lipinski definition) is 3. The van der Waals surface area contributed by atoms with Crippen molar-refractivity contribution in [3.8, 4) is 0 Å². The molecule has 2 aliphatic carbocycles. The molecule has 0 unspecified atom stereocenters. The number of aliphatic hydroxyl groups is 1. The van der Waals surface area contributed by atoms with E-state index in [9.17, 15) is 9.90 Å². The summed E-state index contributed by atoms with van der Waals surface area (Å²) < 4.78 is 5.60. The molecule has 1 amide bonds. The van der Waals surface area contributed by atoms with Crippen molar-refractivity contribution in [2.75, 3.05) is 13.2 Å². The zero-order valence-corrected chi connectivity index (χ0v) is 11.7. The number of carbonyl (C=O) groups excluding carboxylic acids is 1. The minimum absolute atomic E-state index is 0.0908. The molecule has 2 rings (SSSR count). The van der Waals surface area contributed by atoms with E-state index in [0.29, 0.717) is 19.6 Å². The Hall–Kier alpha value is -0.610. The third kappa shape index (κ3) is 2.16. The van der Waals surface area contributed by atoms with Crippen molar-refractivity contribution in [2.24, 2.45) is 11.3 Å². The molecule has 0 aromatic carbocycles. The number of carbonyl (C=O) groups is 1. The topological polar surface area (TPSA) is 58.6 Å². The van der Waals surface area contributed by atoms with Gasteiger partial charge < -0.3 is 15.2 Å². The quantitative estimate of drug-likeness (QED) is 0.782. The van der Waals surface area contributed by atoms with E-state index >= 15 is 0 Å². The molecule has 0 aromatic heterocycles. The summed E-state index contributed by atoms with van der Waals surface area (Å²) in [4.78, 5) is 11.8. The molecule has 0 spiro atoms. The van der Waals surface area contributed by atoms with E-state index in [4.69, 9.17) is 4.74 Å². The normalized spacial score (nSPS) is 34.6. The molecule has 4 heteroatoms. The average Bonchev–Trinajstić information content (AvgIpc) is 2.23. The first-order valence-electron chi connectivity index (χ1n) is 7.02. The first kappa shape index (κ1) is 13.8. The van der Waals surface area contributed by atoms with Gasteiger partial charge in [-0.15, -0.1) is 0 Å². The van der Waals surface area contributed by atoms with Crippen LogP contribution in [0.1, 0.15) is 46.5 Å². The van der Waals surface area contributed by atoms with Gasteiger partial charge in [0.05, 0.1) is 11.7 Å². The Balaban J connectivity index is 1.83. The SMILES string of the molecule is CCO[C@H]1C[C@](O)(CNC(=O)C2CCC2)C1(C)C. The van der Waals surface area contributed by atoms with Crippen molar-refractivity contribution < 1.29 is 14.6 Å².